The van der Waals surface area contributed by atoms with Crippen molar-refractivity contribution in [3.63, 3.8) is 0 Å². The Morgan fingerprint density at radius 1 is 1.09 bits per heavy atom. The summed E-state index contributed by atoms with van der Waals surface area (Å²) in [6, 6.07) is 14.3. The van der Waals surface area contributed by atoms with Crippen LogP contribution < -0.4 is 14.8 Å². The average molecular weight is 453 g/mol. The van der Waals surface area contributed by atoms with E-state index in [4.69, 9.17) is 21.1 Å². The van der Waals surface area contributed by atoms with Crippen molar-refractivity contribution in [2.24, 2.45) is 0 Å². The summed E-state index contributed by atoms with van der Waals surface area (Å²) in [5.74, 6) is 0.957. The van der Waals surface area contributed by atoms with Gasteiger partial charge in [-0.2, -0.15) is 0 Å². The first-order valence-electron chi connectivity index (χ1n) is 10.6. The van der Waals surface area contributed by atoms with Gasteiger partial charge in [-0.3, -0.25) is 0 Å². The van der Waals surface area contributed by atoms with Crippen LogP contribution in [0.4, 0.5) is 11.4 Å². The maximum absolute atomic E-state index is 11.6. The van der Waals surface area contributed by atoms with Crippen molar-refractivity contribution in [1.29, 1.82) is 0 Å². The van der Waals surface area contributed by atoms with E-state index < -0.39 is 5.97 Å². The monoisotopic (exact) mass is 452 g/mol. The first-order chi connectivity index (χ1) is 15.5. The molecular weight excluding hydrogens is 428 g/mol. The summed E-state index contributed by atoms with van der Waals surface area (Å²) in [6.07, 6.45) is 7.87. The van der Waals surface area contributed by atoms with Gasteiger partial charge in [-0.1, -0.05) is 36.9 Å². The van der Waals surface area contributed by atoms with Gasteiger partial charge in [-0.05, 0) is 60.7 Å². The standard InChI is InChI=1S/C25H25ClN2O4/c1-31-19-9-10-22(20(14-19)25(29)30)28-18-8-12-24(27-15-18)32-23-11-7-17(13-21(23)26)16-5-3-2-4-6-16/h7-16,28H,2-6H2,1H3,(H,29,30). The summed E-state index contributed by atoms with van der Waals surface area (Å²) < 4.78 is 11.0. The molecule has 0 aliphatic heterocycles. The van der Waals surface area contributed by atoms with Gasteiger partial charge in [0.15, 0.2) is 0 Å². The highest BCUT2D eigenvalue weighted by Gasteiger charge is 2.17. The predicted molar refractivity (Wildman–Crippen MR) is 125 cm³/mol. The number of benzene rings is 2. The van der Waals surface area contributed by atoms with Gasteiger partial charge in [0.05, 0.1) is 35.3 Å². The SMILES string of the molecule is COc1ccc(Nc2ccc(Oc3ccc(C4CCCCC4)cc3Cl)nc2)c(C(=O)O)c1. The number of anilines is 2. The van der Waals surface area contributed by atoms with Gasteiger partial charge < -0.3 is 19.9 Å². The van der Waals surface area contributed by atoms with Crippen LogP contribution in [0.1, 0.15) is 53.9 Å². The third kappa shape index (κ3) is 5.14. The molecule has 0 atom stereocenters. The molecule has 0 spiro atoms. The number of ether oxygens (including phenoxy) is 2. The Morgan fingerprint density at radius 2 is 1.91 bits per heavy atom. The summed E-state index contributed by atoms with van der Waals surface area (Å²) >= 11 is 6.48. The minimum Gasteiger partial charge on any atom is -0.497 e. The number of carbonyl (C=O) groups is 1. The fraction of sp³-hybridized carbons (Fsp3) is 0.280. The van der Waals surface area contributed by atoms with E-state index in [9.17, 15) is 9.90 Å². The van der Waals surface area contributed by atoms with Gasteiger partial charge in [0, 0.05) is 6.07 Å². The summed E-state index contributed by atoms with van der Waals surface area (Å²) in [5.41, 5.74) is 2.44. The van der Waals surface area contributed by atoms with E-state index in [0.717, 1.165) is 0 Å². The van der Waals surface area contributed by atoms with E-state index in [1.807, 2.05) is 12.1 Å². The van der Waals surface area contributed by atoms with Crippen LogP contribution >= 0.6 is 11.6 Å². The highest BCUT2D eigenvalue weighted by atomic mass is 35.5. The number of hydrogen-bond acceptors (Lipinski definition) is 5. The zero-order chi connectivity index (χ0) is 22.5. The third-order valence-corrected chi connectivity index (χ3v) is 6.01. The van der Waals surface area contributed by atoms with E-state index in [1.165, 1.54) is 50.8 Å². The molecule has 3 aromatic rings. The van der Waals surface area contributed by atoms with Crippen LogP contribution in [0.15, 0.2) is 54.7 Å². The minimum absolute atomic E-state index is 0.106. The van der Waals surface area contributed by atoms with Crippen LogP contribution in [-0.4, -0.2) is 23.2 Å². The molecule has 0 amide bonds. The number of carboxylic acid groups (broad SMARTS) is 1. The summed E-state index contributed by atoms with van der Waals surface area (Å²) in [7, 11) is 1.49. The maximum Gasteiger partial charge on any atom is 0.337 e. The number of hydrogen-bond donors (Lipinski definition) is 2. The molecule has 0 bridgehead atoms. The zero-order valence-corrected chi connectivity index (χ0v) is 18.6. The molecule has 1 fully saturated rings. The molecule has 166 valence electrons. The molecular formula is C25H25ClN2O4. The Bertz CT molecular complexity index is 1100. The highest BCUT2D eigenvalue weighted by Crippen LogP contribution is 2.37. The van der Waals surface area contributed by atoms with Gasteiger partial charge >= 0.3 is 5.97 Å². The third-order valence-electron chi connectivity index (χ3n) is 5.72. The van der Waals surface area contributed by atoms with Crippen LogP contribution in [0.2, 0.25) is 5.02 Å². The highest BCUT2D eigenvalue weighted by molar-refractivity contribution is 6.32. The second kappa shape index (κ2) is 9.92. The lowest BCUT2D eigenvalue weighted by molar-refractivity contribution is 0.0697. The largest absolute Gasteiger partial charge is 0.497 e. The number of aromatic nitrogens is 1. The molecule has 6 nitrogen and oxygen atoms in total. The molecule has 2 aromatic carbocycles. The van der Waals surface area contributed by atoms with Gasteiger partial charge in [0.1, 0.15) is 11.5 Å². The molecule has 1 heterocycles. The molecule has 4 rings (SSSR count). The number of carboxylic acids is 1. The number of halogens is 1. The molecule has 2 N–H and O–H groups in total. The lowest BCUT2D eigenvalue weighted by Gasteiger charge is -2.22. The second-order valence-electron chi connectivity index (χ2n) is 7.85. The lowest BCUT2D eigenvalue weighted by Crippen LogP contribution is -2.04. The van der Waals surface area contributed by atoms with E-state index in [0.29, 0.717) is 39.7 Å². The van der Waals surface area contributed by atoms with Gasteiger partial charge in [-0.15, -0.1) is 0 Å². The number of nitrogens with zero attached hydrogens (tertiary/aromatic N) is 1. The summed E-state index contributed by atoms with van der Waals surface area (Å²) in [5, 5.41) is 13.1. The number of rotatable bonds is 7. The number of methoxy groups -OCH3 is 1. The van der Waals surface area contributed by atoms with Crippen molar-refractivity contribution in [1.82, 2.24) is 4.98 Å². The first-order valence-corrected chi connectivity index (χ1v) is 11.0. The molecule has 1 saturated carbocycles. The van der Waals surface area contributed by atoms with Crippen molar-refractivity contribution < 1.29 is 19.4 Å². The van der Waals surface area contributed by atoms with Crippen molar-refractivity contribution in [3.05, 3.63) is 70.9 Å². The number of aromatic carboxylic acids is 1. The van der Waals surface area contributed by atoms with Crippen LogP contribution in [0, 0.1) is 0 Å². The normalized spacial score (nSPS) is 14.1. The molecule has 0 radical (unpaired) electrons. The summed E-state index contributed by atoms with van der Waals surface area (Å²) in [6.45, 7) is 0. The van der Waals surface area contributed by atoms with Crippen molar-refractivity contribution in [2.45, 2.75) is 38.0 Å². The fourth-order valence-corrected chi connectivity index (χ4v) is 4.24. The van der Waals surface area contributed by atoms with Gasteiger partial charge in [-0.25, -0.2) is 9.78 Å². The Hall–Kier alpha value is -3.25. The predicted octanol–water partition coefficient (Wildman–Crippen LogP) is 7.03. The van der Waals surface area contributed by atoms with Crippen molar-refractivity contribution in [2.75, 3.05) is 12.4 Å². The zero-order valence-electron chi connectivity index (χ0n) is 17.8. The fourth-order valence-electron chi connectivity index (χ4n) is 4.01. The molecule has 1 aromatic heterocycles. The quantitative estimate of drug-likeness (QED) is 0.400. The Morgan fingerprint density at radius 3 is 2.56 bits per heavy atom. The Kier molecular flexibility index (Phi) is 6.81. The first kappa shape index (κ1) is 22.0. The van der Waals surface area contributed by atoms with Crippen LogP contribution in [0.25, 0.3) is 0 Å². The van der Waals surface area contributed by atoms with E-state index in [-0.39, 0.29) is 5.56 Å². The molecule has 0 unspecified atom stereocenters. The minimum atomic E-state index is -1.05. The van der Waals surface area contributed by atoms with Crippen LogP contribution in [0.3, 0.4) is 0 Å². The Balaban J connectivity index is 1.45. The molecule has 1 aliphatic rings. The van der Waals surface area contributed by atoms with Gasteiger partial charge in [0.25, 0.3) is 0 Å². The van der Waals surface area contributed by atoms with E-state index >= 15 is 0 Å². The average Bonchev–Trinajstić information content (AvgIpc) is 2.82. The maximum atomic E-state index is 11.6. The van der Waals surface area contributed by atoms with E-state index in [1.54, 1.807) is 30.5 Å². The number of pyridine rings is 1. The van der Waals surface area contributed by atoms with E-state index in [2.05, 4.69) is 16.4 Å². The van der Waals surface area contributed by atoms with Crippen LogP contribution in [-0.2, 0) is 0 Å². The van der Waals surface area contributed by atoms with Crippen molar-refractivity contribution >= 4 is 28.9 Å². The Labute approximate surface area is 192 Å². The summed E-state index contributed by atoms with van der Waals surface area (Å²) in [4.78, 5) is 15.9. The second-order valence-corrected chi connectivity index (χ2v) is 8.26. The molecule has 1 aliphatic carbocycles. The van der Waals surface area contributed by atoms with Crippen molar-refractivity contribution in [3.8, 4) is 17.4 Å². The smallest absolute Gasteiger partial charge is 0.337 e. The molecule has 7 heteroatoms. The van der Waals surface area contributed by atoms with Gasteiger partial charge in [0.2, 0.25) is 5.88 Å². The van der Waals surface area contributed by atoms with Crippen LogP contribution in [0.5, 0.6) is 17.4 Å². The lowest BCUT2D eigenvalue weighted by atomic mass is 9.84. The number of nitrogens with one attached hydrogen (secondary N) is 1. The molecule has 32 heavy (non-hydrogen) atoms. The topological polar surface area (TPSA) is 80.7 Å². The molecule has 0 saturated heterocycles.